The van der Waals surface area contributed by atoms with Gasteiger partial charge in [0, 0.05) is 23.5 Å². The molecular weight excluding hydrogens is 491 g/mol. The van der Waals surface area contributed by atoms with Crippen LogP contribution < -0.4 is 5.32 Å². The Hall–Kier alpha value is -1.94. The van der Waals surface area contributed by atoms with Gasteiger partial charge in [-0.25, -0.2) is 18.1 Å². The third-order valence-corrected chi connectivity index (χ3v) is 5.78. The normalized spacial score (nSPS) is 11.5. The van der Waals surface area contributed by atoms with Crippen LogP contribution in [-0.4, -0.2) is 35.3 Å². The molecule has 0 fully saturated rings. The van der Waals surface area contributed by atoms with Gasteiger partial charge in [-0.2, -0.15) is 5.10 Å². The molecule has 0 aliphatic carbocycles. The molecule has 1 N–H and O–H groups in total. The van der Waals surface area contributed by atoms with E-state index in [1.54, 1.807) is 25.1 Å². The molecule has 7 nitrogen and oxygen atoms in total. The lowest BCUT2D eigenvalue weighted by Gasteiger charge is -2.14. The maximum absolute atomic E-state index is 13.0. The summed E-state index contributed by atoms with van der Waals surface area (Å²) in [6.45, 7) is 1.65. The lowest BCUT2D eigenvalue weighted by molar-refractivity contribution is 0.101. The summed E-state index contributed by atoms with van der Waals surface area (Å²) in [7, 11) is -3.63. The van der Waals surface area contributed by atoms with E-state index in [0.29, 0.717) is 15.2 Å². The van der Waals surface area contributed by atoms with Gasteiger partial charge in [-0.3, -0.25) is 4.79 Å². The molecular formula is C17H13BrCl2N4O3S. The molecule has 0 aliphatic heterocycles. The van der Waals surface area contributed by atoms with Gasteiger partial charge in [-0.15, -0.1) is 0 Å². The third kappa shape index (κ3) is 4.22. The van der Waals surface area contributed by atoms with E-state index in [1.807, 2.05) is 0 Å². The maximum Gasteiger partial charge on any atom is 0.274 e. The summed E-state index contributed by atoms with van der Waals surface area (Å²) >= 11 is 15.4. The fourth-order valence-corrected chi connectivity index (χ4v) is 4.39. The summed E-state index contributed by atoms with van der Waals surface area (Å²) in [5, 5.41) is 7.39. The highest BCUT2D eigenvalue weighted by Gasteiger charge is 2.23. The molecule has 3 rings (SSSR count). The van der Waals surface area contributed by atoms with Gasteiger partial charge in [-0.1, -0.05) is 23.2 Å². The second kappa shape index (κ2) is 7.82. The molecule has 1 amide bonds. The fourth-order valence-electron chi connectivity index (χ4n) is 2.55. The smallest absolute Gasteiger partial charge is 0.274 e. The van der Waals surface area contributed by atoms with Crippen molar-refractivity contribution in [3.8, 4) is 5.82 Å². The minimum atomic E-state index is -3.63. The van der Waals surface area contributed by atoms with E-state index in [2.05, 4.69) is 31.3 Å². The van der Waals surface area contributed by atoms with Crippen LogP contribution in [0.25, 0.3) is 5.82 Å². The topological polar surface area (TPSA) is 94.0 Å². The zero-order valence-corrected chi connectivity index (χ0v) is 18.5. The molecule has 0 spiro atoms. The molecule has 3 aromatic rings. The number of halogens is 3. The Morgan fingerprint density at radius 3 is 2.61 bits per heavy atom. The average molecular weight is 504 g/mol. The van der Waals surface area contributed by atoms with Crippen molar-refractivity contribution in [2.45, 2.75) is 11.8 Å². The molecule has 0 unspecified atom stereocenters. The highest BCUT2D eigenvalue weighted by Crippen LogP contribution is 2.30. The first kappa shape index (κ1) is 20.8. The van der Waals surface area contributed by atoms with Gasteiger partial charge in [0.05, 0.1) is 15.6 Å². The molecule has 0 aliphatic rings. The second-order valence-corrected chi connectivity index (χ2v) is 9.54. The molecule has 0 bridgehead atoms. The Kier molecular flexibility index (Phi) is 5.81. The van der Waals surface area contributed by atoms with Crippen LogP contribution in [0.3, 0.4) is 0 Å². The standard InChI is InChI=1S/C17H13BrCl2N4O3S/c1-9-6-10(19)7-13(28(2,26)27)15(9)22-17(25)12-8-14(18)23-24(12)16-11(20)4-3-5-21-16/h3-8H,1-2H3,(H,22,25). The first-order valence-corrected chi connectivity index (χ1v) is 11.2. The number of aryl methyl sites for hydroxylation is 1. The zero-order valence-electron chi connectivity index (χ0n) is 14.6. The zero-order chi connectivity index (χ0) is 20.6. The summed E-state index contributed by atoms with van der Waals surface area (Å²) < 4.78 is 26.0. The quantitative estimate of drug-likeness (QED) is 0.572. The summed E-state index contributed by atoms with van der Waals surface area (Å²) in [5.41, 5.74) is 0.761. The molecule has 0 atom stereocenters. The SMILES string of the molecule is Cc1cc(Cl)cc(S(C)(=O)=O)c1NC(=O)c1cc(Br)nn1-c1ncccc1Cl. The van der Waals surface area contributed by atoms with Crippen molar-refractivity contribution in [2.24, 2.45) is 0 Å². The van der Waals surface area contributed by atoms with Gasteiger partial charge < -0.3 is 5.32 Å². The Bertz CT molecular complexity index is 1200. The molecule has 2 heterocycles. The highest BCUT2D eigenvalue weighted by molar-refractivity contribution is 9.10. The van der Waals surface area contributed by atoms with E-state index in [-0.39, 0.29) is 27.1 Å². The van der Waals surface area contributed by atoms with Crippen LogP contribution in [0, 0.1) is 6.92 Å². The first-order valence-electron chi connectivity index (χ1n) is 7.76. The van der Waals surface area contributed by atoms with Crippen LogP contribution in [0.1, 0.15) is 16.1 Å². The minimum Gasteiger partial charge on any atom is -0.319 e. The highest BCUT2D eigenvalue weighted by atomic mass is 79.9. The number of amides is 1. The van der Waals surface area contributed by atoms with Crippen molar-refractivity contribution in [1.29, 1.82) is 0 Å². The van der Waals surface area contributed by atoms with E-state index in [0.717, 1.165) is 6.26 Å². The molecule has 0 saturated heterocycles. The molecule has 146 valence electrons. The van der Waals surface area contributed by atoms with E-state index >= 15 is 0 Å². The average Bonchev–Trinajstić information content (AvgIpc) is 2.98. The van der Waals surface area contributed by atoms with Crippen molar-refractivity contribution in [1.82, 2.24) is 14.8 Å². The molecule has 1 aromatic carbocycles. The van der Waals surface area contributed by atoms with Gasteiger partial charge in [0.1, 0.15) is 10.3 Å². The number of anilines is 1. The second-order valence-electron chi connectivity index (χ2n) is 5.90. The summed E-state index contributed by atoms with van der Waals surface area (Å²) in [6, 6.07) is 7.61. The molecule has 2 aromatic heterocycles. The number of carbonyl (C=O) groups is 1. The van der Waals surface area contributed by atoms with Crippen LogP contribution in [0.2, 0.25) is 10.0 Å². The van der Waals surface area contributed by atoms with Crippen LogP contribution >= 0.6 is 39.1 Å². The molecule has 0 radical (unpaired) electrons. The van der Waals surface area contributed by atoms with Crippen LogP contribution in [-0.2, 0) is 9.84 Å². The summed E-state index contributed by atoms with van der Waals surface area (Å²) in [5.74, 6) is -0.327. The monoisotopic (exact) mass is 502 g/mol. The van der Waals surface area contributed by atoms with Crippen molar-refractivity contribution < 1.29 is 13.2 Å². The Labute approximate surface area is 179 Å². The number of pyridine rings is 1. The number of carbonyl (C=O) groups excluding carboxylic acids is 1. The van der Waals surface area contributed by atoms with Crippen LogP contribution in [0.4, 0.5) is 5.69 Å². The molecule has 0 saturated carbocycles. The van der Waals surface area contributed by atoms with Gasteiger partial charge >= 0.3 is 0 Å². The van der Waals surface area contributed by atoms with Crippen LogP contribution in [0.15, 0.2) is 46.0 Å². The first-order chi connectivity index (χ1) is 13.1. The number of sulfone groups is 1. The van der Waals surface area contributed by atoms with Crippen molar-refractivity contribution in [3.05, 3.63) is 62.4 Å². The number of aromatic nitrogens is 3. The fraction of sp³-hybridized carbons (Fsp3) is 0.118. The van der Waals surface area contributed by atoms with E-state index < -0.39 is 15.7 Å². The van der Waals surface area contributed by atoms with Gasteiger partial charge in [0.25, 0.3) is 5.91 Å². The van der Waals surface area contributed by atoms with E-state index in [4.69, 9.17) is 23.2 Å². The van der Waals surface area contributed by atoms with Gasteiger partial charge in [-0.05, 0) is 52.7 Å². The summed E-state index contributed by atoms with van der Waals surface area (Å²) in [4.78, 5) is 17.0. The number of nitrogens with zero attached hydrogens (tertiary/aromatic N) is 3. The third-order valence-electron chi connectivity index (χ3n) is 3.75. The lowest BCUT2D eigenvalue weighted by atomic mass is 10.2. The van der Waals surface area contributed by atoms with Gasteiger partial charge in [0.15, 0.2) is 15.7 Å². The van der Waals surface area contributed by atoms with Crippen molar-refractivity contribution >= 4 is 60.6 Å². The molecule has 11 heteroatoms. The maximum atomic E-state index is 13.0. The van der Waals surface area contributed by atoms with Crippen molar-refractivity contribution in [3.63, 3.8) is 0 Å². The Morgan fingerprint density at radius 2 is 1.96 bits per heavy atom. The Balaban J connectivity index is 2.09. The van der Waals surface area contributed by atoms with Gasteiger partial charge in [0.2, 0.25) is 0 Å². The number of benzene rings is 1. The predicted molar refractivity (Wildman–Crippen MR) is 111 cm³/mol. The number of nitrogens with one attached hydrogen (secondary N) is 1. The predicted octanol–water partition coefficient (Wildman–Crippen LogP) is 4.30. The van der Waals surface area contributed by atoms with Crippen LogP contribution in [0.5, 0.6) is 0 Å². The minimum absolute atomic E-state index is 0.0770. The number of rotatable bonds is 4. The largest absolute Gasteiger partial charge is 0.319 e. The van der Waals surface area contributed by atoms with E-state index in [1.165, 1.54) is 23.0 Å². The molecule has 28 heavy (non-hydrogen) atoms. The number of hydrogen-bond acceptors (Lipinski definition) is 5. The van der Waals surface area contributed by atoms with Crippen molar-refractivity contribution in [2.75, 3.05) is 11.6 Å². The van der Waals surface area contributed by atoms with E-state index in [9.17, 15) is 13.2 Å². The summed E-state index contributed by atoms with van der Waals surface area (Å²) in [6.07, 6.45) is 2.56. The Morgan fingerprint density at radius 1 is 1.25 bits per heavy atom. The number of hydrogen-bond donors (Lipinski definition) is 1. The lowest BCUT2D eigenvalue weighted by Crippen LogP contribution is -2.20.